The molecule has 0 N–H and O–H groups in total. The second kappa shape index (κ2) is 8.99. The standard InChI is InChI=1S/C43H36N2/c1-42(2)36-15-9-6-12-30(36)31-21-18-27(24-37(31)42)44(5)28-19-22-32-33-23-20-29(26-39(33)43(3,4)38(32)25-28)45-40-16-10-7-13-34(40)35-14-8-11-17-41(35)45/h6-26H,1-5H3. The first-order chi connectivity index (χ1) is 21.7. The highest BCUT2D eigenvalue weighted by atomic mass is 15.1. The highest BCUT2D eigenvalue weighted by molar-refractivity contribution is 6.09. The molecule has 0 atom stereocenters. The van der Waals surface area contributed by atoms with Gasteiger partial charge in [-0.15, -0.1) is 0 Å². The third kappa shape index (κ3) is 3.51. The number of aromatic nitrogens is 1. The average Bonchev–Trinajstić information content (AvgIpc) is 3.61. The van der Waals surface area contributed by atoms with Gasteiger partial charge in [0.1, 0.15) is 0 Å². The van der Waals surface area contributed by atoms with E-state index in [2.05, 4.69) is 172 Å². The van der Waals surface area contributed by atoms with Crippen LogP contribution in [0.5, 0.6) is 0 Å². The van der Waals surface area contributed by atoms with Crippen LogP contribution in [0.3, 0.4) is 0 Å². The van der Waals surface area contributed by atoms with Gasteiger partial charge in [-0.1, -0.05) is 107 Å². The Hall–Kier alpha value is -5.08. The van der Waals surface area contributed by atoms with Gasteiger partial charge in [0.25, 0.3) is 0 Å². The van der Waals surface area contributed by atoms with Crippen molar-refractivity contribution in [3.8, 4) is 27.9 Å². The van der Waals surface area contributed by atoms with E-state index in [-0.39, 0.29) is 10.8 Å². The monoisotopic (exact) mass is 580 g/mol. The van der Waals surface area contributed by atoms with Crippen LogP contribution in [0.4, 0.5) is 11.4 Å². The van der Waals surface area contributed by atoms with E-state index < -0.39 is 0 Å². The first-order valence-corrected chi connectivity index (χ1v) is 16.0. The molecule has 2 aliphatic rings. The molecule has 0 aliphatic heterocycles. The van der Waals surface area contributed by atoms with Gasteiger partial charge in [-0.3, -0.25) is 0 Å². The van der Waals surface area contributed by atoms with Gasteiger partial charge in [0, 0.05) is 45.7 Å². The van der Waals surface area contributed by atoms with Gasteiger partial charge in [0.2, 0.25) is 0 Å². The highest BCUT2D eigenvalue weighted by Crippen LogP contribution is 2.52. The van der Waals surface area contributed by atoms with E-state index >= 15 is 0 Å². The fraction of sp³-hybridized carbons (Fsp3) is 0.163. The normalized spacial score (nSPS) is 15.1. The van der Waals surface area contributed by atoms with Crippen molar-refractivity contribution in [2.75, 3.05) is 11.9 Å². The minimum absolute atomic E-state index is 0.0155. The Labute approximate surface area is 265 Å². The van der Waals surface area contributed by atoms with E-state index in [1.165, 1.54) is 83.4 Å². The number of para-hydroxylation sites is 2. The molecular formula is C43H36N2. The molecule has 45 heavy (non-hydrogen) atoms. The van der Waals surface area contributed by atoms with Crippen LogP contribution in [0, 0.1) is 0 Å². The van der Waals surface area contributed by atoms with Crippen molar-refractivity contribution in [3.05, 3.63) is 150 Å². The van der Waals surface area contributed by atoms with Crippen molar-refractivity contribution < 1.29 is 0 Å². The van der Waals surface area contributed by atoms with Gasteiger partial charge < -0.3 is 9.47 Å². The molecule has 7 aromatic rings. The van der Waals surface area contributed by atoms with Crippen LogP contribution < -0.4 is 4.90 Å². The van der Waals surface area contributed by atoms with Crippen LogP contribution >= 0.6 is 0 Å². The lowest BCUT2D eigenvalue weighted by molar-refractivity contribution is 0.659. The smallest absolute Gasteiger partial charge is 0.0541 e. The molecule has 0 unspecified atom stereocenters. The Morgan fingerprint density at radius 1 is 0.444 bits per heavy atom. The summed E-state index contributed by atoms with van der Waals surface area (Å²) in [4.78, 5) is 2.35. The van der Waals surface area contributed by atoms with E-state index in [1.807, 2.05) is 0 Å². The van der Waals surface area contributed by atoms with E-state index in [4.69, 9.17) is 0 Å². The fourth-order valence-electron chi connectivity index (χ4n) is 8.31. The molecule has 9 rings (SSSR count). The topological polar surface area (TPSA) is 8.17 Å². The largest absolute Gasteiger partial charge is 0.345 e. The van der Waals surface area contributed by atoms with E-state index in [0.29, 0.717) is 0 Å². The fourth-order valence-corrected chi connectivity index (χ4v) is 8.31. The summed E-state index contributed by atoms with van der Waals surface area (Å²) in [7, 11) is 2.20. The zero-order valence-electron chi connectivity index (χ0n) is 26.5. The van der Waals surface area contributed by atoms with E-state index in [9.17, 15) is 0 Å². The number of hydrogen-bond donors (Lipinski definition) is 0. The summed E-state index contributed by atoms with van der Waals surface area (Å²) in [6.45, 7) is 9.47. The average molecular weight is 581 g/mol. The zero-order chi connectivity index (χ0) is 30.7. The van der Waals surface area contributed by atoms with Crippen LogP contribution in [0.1, 0.15) is 49.9 Å². The number of rotatable bonds is 3. The second-order valence-corrected chi connectivity index (χ2v) is 13.9. The third-order valence-electron chi connectivity index (χ3n) is 10.8. The molecule has 0 bridgehead atoms. The van der Waals surface area contributed by atoms with Crippen molar-refractivity contribution in [1.29, 1.82) is 0 Å². The molecule has 1 heterocycles. The lowest BCUT2D eigenvalue weighted by atomic mass is 9.82. The maximum Gasteiger partial charge on any atom is 0.0541 e. The molecule has 218 valence electrons. The van der Waals surface area contributed by atoms with Crippen LogP contribution in [-0.2, 0) is 10.8 Å². The van der Waals surface area contributed by atoms with Crippen molar-refractivity contribution in [2.45, 2.75) is 38.5 Å². The van der Waals surface area contributed by atoms with Gasteiger partial charge in [-0.25, -0.2) is 0 Å². The Kier molecular flexibility index (Phi) is 5.26. The molecule has 2 aliphatic carbocycles. The maximum atomic E-state index is 2.43. The molecule has 0 amide bonds. The zero-order valence-corrected chi connectivity index (χ0v) is 26.5. The number of benzene rings is 6. The Morgan fingerprint density at radius 2 is 0.889 bits per heavy atom. The summed E-state index contributed by atoms with van der Waals surface area (Å²) in [6.07, 6.45) is 0. The quantitative estimate of drug-likeness (QED) is 0.202. The lowest BCUT2D eigenvalue weighted by Crippen LogP contribution is -2.18. The van der Waals surface area contributed by atoms with Crippen molar-refractivity contribution in [3.63, 3.8) is 0 Å². The number of anilines is 2. The summed E-state index contributed by atoms with van der Waals surface area (Å²) in [5, 5.41) is 2.59. The SMILES string of the molecule is CN(c1ccc2c(c1)C(C)(C)c1ccccc1-2)c1ccc2c(c1)C(C)(C)c1cc(-n3c4ccccc4c4ccccc43)ccc1-2. The Bertz CT molecular complexity index is 2300. The molecule has 2 heteroatoms. The molecule has 6 aromatic carbocycles. The van der Waals surface area contributed by atoms with Crippen LogP contribution in [0.25, 0.3) is 49.7 Å². The summed E-state index contributed by atoms with van der Waals surface area (Å²) in [6, 6.07) is 47.5. The maximum absolute atomic E-state index is 2.43. The first-order valence-electron chi connectivity index (χ1n) is 16.0. The number of fused-ring (bicyclic) bond motifs is 9. The Balaban J connectivity index is 1.12. The van der Waals surface area contributed by atoms with E-state index in [1.54, 1.807) is 0 Å². The Morgan fingerprint density at radius 3 is 1.49 bits per heavy atom. The van der Waals surface area contributed by atoms with Crippen LogP contribution in [-0.4, -0.2) is 11.6 Å². The van der Waals surface area contributed by atoms with Crippen molar-refractivity contribution in [1.82, 2.24) is 4.57 Å². The molecule has 0 saturated carbocycles. The van der Waals surface area contributed by atoms with Crippen molar-refractivity contribution >= 4 is 33.2 Å². The lowest BCUT2D eigenvalue weighted by Gasteiger charge is -2.27. The van der Waals surface area contributed by atoms with Crippen LogP contribution in [0.2, 0.25) is 0 Å². The first kappa shape index (κ1) is 26.3. The molecule has 0 spiro atoms. The predicted octanol–water partition coefficient (Wildman–Crippen LogP) is 11.2. The number of nitrogens with zero attached hydrogens (tertiary/aromatic N) is 2. The molecule has 0 radical (unpaired) electrons. The van der Waals surface area contributed by atoms with Gasteiger partial charge in [0.05, 0.1) is 11.0 Å². The molecule has 2 nitrogen and oxygen atoms in total. The van der Waals surface area contributed by atoms with Crippen molar-refractivity contribution in [2.24, 2.45) is 0 Å². The summed E-state index contributed by atoms with van der Waals surface area (Å²) in [5.41, 5.74) is 17.0. The van der Waals surface area contributed by atoms with Gasteiger partial charge in [-0.2, -0.15) is 0 Å². The summed E-state index contributed by atoms with van der Waals surface area (Å²) < 4.78 is 2.43. The highest BCUT2D eigenvalue weighted by Gasteiger charge is 2.37. The molecule has 0 saturated heterocycles. The minimum atomic E-state index is -0.127. The van der Waals surface area contributed by atoms with Gasteiger partial charge in [-0.05, 0) is 93.0 Å². The predicted molar refractivity (Wildman–Crippen MR) is 190 cm³/mol. The summed E-state index contributed by atoms with van der Waals surface area (Å²) >= 11 is 0. The third-order valence-corrected chi connectivity index (χ3v) is 10.8. The van der Waals surface area contributed by atoms with Crippen LogP contribution in [0.15, 0.2) is 127 Å². The minimum Gasteiger partial charge on any atom is -0.345 e. The van der Waals surface area contributed by atoms with Gasteiger partial charge >= 0.3 is 0 Å². The number of hydrogen-bond acceptors (Lipinski definition) is 1. The molecule has 1 aromatic heterocycles. The summed E-state index contributed by atoms with van der Waals surface area (Å²) in [5.74, 6) is 0. The second-order valence-electron chi connectivity index (χ2n) is 13.9. The molecule has 0 fully saturated rings. The molecular weight excluding hydrogens is 544 g/mol. The van der Waals surface area contributed by atoms with E-state index in [0.717, 1.165) is 0 Å². The van der Waals surface area contributed by atoms with Gasteiger partial charge in [0.15, 0.2) is 0 Å².